The number of amides is 1. The van der Waals surface area contributed by atoms with Crippen LogP contribution in [0.15, 0.2) is 24.3 Å². The molecule has 0 bridgehead atoms. The molecule has 0 saturated carbocycles. The summed E-state index contributed by atoms with van der Waals surface area (Å²) < 4.78 is 4.87. The Bertz CT molecular complexity index is 646. The van der Waals surface area contributed by atoms with Crippen LogP contribution in [0.5, 0.6) is 0 Å². The monoisotopic (exact) mass is 334 g/mol. The zero-order chi connectivity index (χ0) is 16.8. The van der Waals surface area contributed by atoms with Gasteiger partial charge in [0.05, 0.1) is 18.8 Å². The summed E-state index contributed by atoms with van der Waals surface area (Å²) in [6.07, 6.45) is 0.676. The molecule has 3 rings (SSSR count). The van der Waals surface area contributed by atoms with E-state index in [0.717, 1.165) is 0 Å². The molecule has 1 fully saturated rings. The Morgan fingerprint density at radius 1 is 1.39 bits per heavy atom. The Hall–Kier alpha value is -1.53. The number of hydrogen-bond acceptors (Lipinski definition) is 5. The highest BCUT2D eigenvalue weighted by molar-refractivity contribution is 7.80. The molecule has 6 heteroatoms. The van der Waals surface area contributed by atoms with Crippen molar-refractivity contribution in [3.05, 3.63) is 35.4 Å². The van der Waals surface area contributed by atoms with Crippen molar-refractivity contribution in [3.8, 4) is 0 Å². The van der Waals surface area contributed by atoms with Crippen LogP contribution in [-0.2, 0) is 27.3 Å². The summed E-state index contributed by atoms with van der Waals surface area (Å²) in [6, 6.07) is 7.30. The van der Waals surface area contributed by atoms with Gasteiger partial charge in [0.2, 0.25) is 5.91 Å². The summed E-state index contributed by atoms with van der Waals surface area (Å²) in [6.45, 7) is 4.67. The van der Waals surface area contributed by atoms with Crippen molar-refractivity contribution in [2.75, 3.05) is 12.9 Å². The van der Waals surface area contributed by atoms with Crippen LogP contribution in [0.2, 0.25) is 0 Å². The summed E-state index contributed by atoms with van der Waals surface area (Å²) in [7, 11) is 1.34. The van der Waals surface area contributed by atoms with E-state index in [1.807, 2.05) is 26.0 Å². The summed E-state index contributed by atoms with van der Waals surface area (Å²) in [5, 5.41) is 0. The topological polar surface area (TPSA) is 49.9 Å². The van der Waals surface area contributed by atoms with Gasteiger partial charge in [-0.05, 0) is 31.4 Å². The molecule has 2 atom stereocenters. The lowest BCUT2D eigenvalue weighted by molar-refractivity contribution is -0.154. The second-order valence-corrected chi connectivity index (χ2v) is 6.91. The molecule has 2 aliphatic rings. The minimum Gasteiger partial charge on any atom is -0.467 e. The van der Waals surface area contributed by atoms with E-state index in [9.17, 15) is 9.59 Å². The van der Waals surface area contributed by atoms with Gasteiger partial charge >= 0.3 is 5.97 Å². The fourth-order valence-corrected chi connectivity index (χ4v) is 4.13. The quantitative estimate of drug-likeness (QED) is 0.672. The van der Waals surface area contributed by atoms with E-state index in [-0.39, 0.29) is 17.7 Å². The summed E-state index contributed by atoms with van der Waals surface area (Å²) in [5.41, 5.74) is 1.89. The zero-order valence-electron chi connectivity index (χ0n) is 13.7. The molecule has 0 spiro atoms. The number of benzene rings is 1. The molecular formula is C17H22N2O3S. The Balaban J connectivity index is 1.98. The van der Waals surface area contributed by atoms with Crippen LogP contribution >= 0.6 is 12.6 Å². The van der Waals surface area contributed by atoms with Crippen LogP contribution in [0.1, 0.15) is 25.0 Å². The average molecular weight is 334 g/mol. The smallest absolute Gasteiger partial charge is 0.329 e. The first-order valence-electron chi connectivity index (χ1n) is 7.77. The Labute approximate surface area is 142 Å². The number of methoxy groups -OCH3 is 1. The molecule has 0 radical (unpaired) electrons. The number of rotatable bonds is 3. The van der Waals surface area contributed by atoms with Gasteiger partial charge < -0.3 is 9.64 Å². The first kappa shape index (κ1) is 16.3. The summed E-state index contributed by atoms with van der Waals surface area (Å²) in [5.74, 6) is -0.192. The maximum atomic E-state index is 13.0. The van der Waals surface area contributed by atoms with E-state index >= 15 is 0 Å². The predicted molar refractivity (Wildman–Crippen MR) is 90.1 cm³/mol. The molecule has 1 saturated heterocycles. The van der Waals surface area contributed by atoms with Crippen LogP contribution < -0.4 is 0 Å². The highest BCUT2D eigenvalue weighted by Gasteiger charge is 2.55. The van der Waals surface area contributed by atoms with Gasteiger partial charge in [0.1, 0.15) is 6.04 Å². The molecule has 0 aromatic heterocycles. The van der Waals surface area contributed by atoms with Crippen LogP contribution in [0.25, 0.3) is 0 Å². The molecule has 2 heterocycles. The van der Waals surface area contributed by atoms with Gasteiger partial charge in [-0.1, -0.05) is 24.3 Å². The lowest BCUT2D eigenvalue weighted by Crippen LogP contribution is -2.56. The molecule has 124 valence electrons. The van der Waals surface area contributed by atoms with Gasteiger partial charge in [-0.2, -0.15) is 12.6 Å². The standard InChI is InChI=1S/C17H22N2O3S/c1-17(2)18-9-12-7-5-4-6-11(12)8-13(18)15(20)19(17)14(10-23)16(21)22-3/h4-7,13-14,23H,8-10H2,1-3H3/t13-,14-/m0/s1. The van der Waals surface area contributed by atoms with Gasteiger partial charge in [0.15, 0.2) is 0 Å². The molecule has 5 nitrogen and oxygen atoms in total. The van der Waals surface area contributed by atoms with Crippen molar-refractivity contribution < 1.29 is 14.3 Å². The molecule has 0 N–H and O–H groups in total. The number of esters is 1. The van der Waals surface area contributed by atoms with Gasteiger partial charge in [0, 0.05) is 12.3 Å². The maximum Gasteiger partial charge on any atom is 0.329 e. The molecule has 23 heavy (non-hydrogen) atoms. The third kappa shape index (κ3) is 2.44. The number of hydrogen-bond donors (Lipinski definition) is 1. The largest absolute Gasteiger partial charge is 0.467 e. The lowest BCUT2D eigenvalue weighted by Gasteiger charge is -2.42. The molecule has 1 amide bonds. The number of carbonyl (C=O) groups excluding carboxylic acids is 2. The van der Waals surface area contributed by atoms with E-state index < -0.39 is 17.7 Å². The second kappa shape index (κ2) is 5.83. The molecule has 0 aliphatic carbocycles. The van der Waals surface area contributed by atoms with Crippen molar-refractivity contribution in [2.45, 2.75) is 44.6 Å². The number of ether oxygens (including phenoxy) is 1. The molecular weight excluding hydrogens is 312 g/mol. The van der Waals surface area contributed by atoms with E-state index in [2.05, 4.69) is 29.7 Å². The van der Waals surface area contributed by atoms with Gasteiger partial charge in [-0.25, -0.2) is 4.79 Å². The van der Waals surface area contributed by atoms with E-state index in [1.54, 1.807) is 4.90 Å². The molecule has 1 aromatic rings. The first-order valence-corrected chi connectivity index (χ1v) is 8.40. The maximum absolute atomic E-state index is 13.0. The minimum atomic E-state index is -0.667. The van der Waals surface area contributed by atoms with E-state index in [1.165, 1.54) is 18.2 Å². The fraction of sp³-hybridized carbons (Fsp3) is 0.529. The number of thiol groups is 1. The molecule has 1 aromatic carbocycles. The Kier molecular flexibility index (Phi) is 4.14. The zero-order valence-corrected chi connectivity index (χ0v) is 14.5. The SMILES string of the molecule is COC(=O)[C@H](CS)N1C(=O)[C@@H]2Cc3ccccc3CN2C1(C)C. The minimum absolute atomic E-state index is 0.0195. The van der Waals surface area contributed by atoms with Crippen LogP contribution in [0, 0.1) is 0 Å². The fourth-order valence-electron chi connectivity index (χ4n) is 3.82. The lowest BCUT2D eigenvalue weighted by atomic mass is 9.94. The predicted octanol–water partition coefficient (Wildman–Crippen LogP) is 1.46. The van der Waals surface area contributed by atoms with Gasteiger partial charge in [-0.3, -0.25) is 9.69 Å². The van der Waals surface area contributed by atoms with Crippen molar-refractivity contribution in [2.24, 2.45) is 0 Å². The van der Waals surface area contributed by atoms with Gasteiger partial charge in [-0.15, -0.1) is 0 Å². The third-order valence-electron chi connectivity index (χ3n) is 5.02. The summed E-state index contributed by atoms with van der Waals surface area (Å²) in [4.78, 5) is 29.0. The van der Waals surface area contributed by atoms with Gasteiger partial charge in [0.25, 0.3) is 0 Å². The Morgan fingerprint density at radius 2 is 2.04 bits per heavy atom. The van der Waals surface area contributed by atoms with Crippen molar-refractivity contribution >= 4 is 24.5 Å². The Morgan fingerprint density at radius 3 is 2.65 bits per heavy atom. The highest BCUT2D eigenvalue weighted by atomic mass is 32.1. The van der Waals surface area contributed by atoms with Crippen LogP contribution in [-0.4, -0.2) is 52.3 Å². The van der Waals surface area contributed by atoms with Crippen molar-refractivity contribution in [3.63, 3.8) is 0 Å². The van der Waals surface area contributed by atoms with E-state index in [0.29, 0.717) is 13.0 Å². The third-order valence-corrected chi connectivity index (χ3v) is 5.37. The first-order chi connectivity index (χ1) is 10.9. The van der Waals surface area contributed by atoms with Crippen LogP contribution in [0.3, 0.4) is 0 Å². The van der Waals surface area contributed by atoms with Crippen LogP contribution in [0.4, 0.5) is 0 Å². The number of fused-ring (bicyclic) bond motifs is 2. The van der Waals surface area contributed by atoms with E-state index in [4.69, 9.17) is 4.74 Å². The van der Waals surface area contributed by atoms with Crippen molar-refractivity contribution in [1.29, 1.82) is 0 Å². The summed E-state index contributed by atoms with van der Waals surface area (Å²) >= 11 is 4.27. The highest BCUT2D eigenvalue weighted by Crippen LogP contribution is 2.39. The molecule has 0 unspecified atom stereocenters. The molecule has 2 aliphatic heterocycles. The number of nitrogens with zero attached hydrogens (tertiary/aromatic N) is 2. The normalized spacial score (nSPS) is 24.1. The van der Waals surface area contributed by atoms with Crippen molar-refractivity contribution in [1.82, 2.24) is 9.80 Å². The average Bonchev–Trinajstić information content (AvgIpc) is 2.74. The second-order valence-electron chi connectivity index (χ2n) is 6.54. The number of carbonyl (C=O) groups is 2.